The summed E-state index contributed by atoms with van der Waals surface area (Å²) in [6.07, 6.45) is 3.39. The second kappa shape index (κ2) is 5.00. The largest absolute Gasteiger partial charge is 0.387 e. The Kier molecular flexibility index (Phi) is 3.37. The first-order valence-corrected chi connectivity index (χ1v) is 7.33. The molecule has 18 heavy (non-hydrogen) atoms. The number of thiazole rings is 1. The van der Waals surface area contributed by atoms with E-state index in [1.54, 1.807) is 11.3 Å². The van der Waals surface area contributed by atoms with Gasteiger partial charge in [0.2, 0.25) is 0 Å². The number of rotatable bonds is 2. The molecule has 1 atom stereocenters. The number of nitrogens with zero attached hydrogens (tertiary/aromatic N) is 1. The minimum Gasteiger partial charge on any atom is -0.387 e. The van der Waals surface area contributed by atoms with Crippen molar-refractivity contribution in [2.24, 2.45) is 0 Å². The highest BCUT2D eigenvalue weighted by Gasteiger charge is 2.22. The standard InChI is InChI=1S/C14H14ClNOS/c15-10-4-1-3-9(7-10)8-13-16-14-11(17)5-2-6-12(14)18-13/h1,3-4,7,11,17H,2,5-6,8H2. The van der Waals surface area contributed by atoms with Gasteiger partial charge in [0.05, 0.1) is 16.8 Å². The maximum atomic E-state index is 9.91. The van der Waals surface area contributed by atoms with Crippen molar-refractivity contribution in [1.82, 2.24) is 4.98 Å². The van der Waals surface area contributed by atoms with Crippen molar-refractivity contribution in [1.29, 1.82) is 0 Å². The van der Waals surface area contributed by atoms with Crippen LogP contribution in [0.3, 0.4) is 0 Å². The smallest absolute Gasteiger partial charge is 0.0976 e. The SMILES string of the molecule is OC1CCCc2sc(Cc3cccc(Cl)c3)nc21. The zero-order valence-electron chi connectivity index (χ0n) is 9.90. The molecule has 0 bridgehead atoms. The molecule has 0 radical (unpaired) electrons. The van der Waals surface area contributed by atoms with Crippen LogP contribution in [0.5, 0.6) is 0 Å². The molecule has 94 valence electrons. The molecule has 0 saturated heterocycles. The molecule has 1 heterocycles. The molecule has 2 nitrogen and oxygen atoms in total. The molecule has 0 amide bonds. The Morgan fingerprint density at radius 2 is 2.33 bits per heavy atom. The summed E-state index contributed by atoms with van der Waals surface area (Å²) in [4.78, 5) is 5.84. The van der Waals surface area contributed by atoms with Gasteiger partial charge in [0.1, 0.15) is 0 Å². The molecule has 1 N–H and O–H groups in total. The molecular weight excluding hydrogens is 266 g/mol. The van der Waals surface area contributed by atoms with E-state index < -0.39 is 0 Å². The van der Waals surface area contributed by atoms with Crippen LogP contribution in [0.25, 0.3) is 0 Å². The van der Waals surface area contributed by atoms with Crippen LogP contribution in [0.15, 0.2) is 24.3 Å². The highest BCUT2D eigenvalue weighted by atomic mass is 35.5. The van der Waals surface area contributed by atoms with Gasteiger partial charge in [-0.15, -0.1) is 11.3 Å². The fourth-order valence-corrected chi connectivity index (χ4v) is 3.76. The van der Waals surface area contributed by atoms with Gasteiger partial charge in [-0.2, -0.15) is 0 Å². The topological polar surface area (TPSA) is 33.1 Å². The maximum absolute atomic E-state index is 9.91. The van der Waals surface area contributed by atoms with Gasteiger partial charge in [-0.25, -0.2) is 4.98 Å². The monoisotopic (exact) mass is 279 g/mol. The van der Waals surface area contributed by atoms with Crippen molar-refractivity contribution in [3.63, 3.8) is 0 Å². The Labute approximate surface area is 115 Å². The van der Waals surface area contributed by atoms with E-state index in [0.717, 1.165) is 41.4 Å². The van der Waals surface area contributed by atoms with E-state index in [1.807, 2.05) is 18.2 Å². The van der Waals surface area contributed by atoms with E-state index in [2.05, 4.69) is 11.1 Å². The third-order valence-electron chi connectivity index (χ3n) is 3.21. The number of aliphatic hydroxyl groups is 1. The highest BCUT2D eigenvalue weighted by Crippen LogP contribution is 2.33. The summed E-state index contributed by atoms with van der Waals surface area (Å²) in [5.41, 5.74) is 2.08. The van der Waals surface area contributed by atoms with Gasteiger partial charge in [-0.1, -0.05) is 23.7 Å². The minimum atomic E-state index is -0.363. The van der Waals surface area contributed by atoms with Crippen molar-refractivity contribution in [3.05, 3.63) is 50.4 Å². The molecule has 0 saturated carbocycles. The molecule has 0 fully saturated rings. The molecule has 1 aliphatic carbocycles. The predicted molar refractivity (Wildman–Crippen MR) is 74.3 cm³/mol. The maximum Gasteiger partial charge on any atom is 0.0976 e. The first kappa shape index (κ1) is 12.2. The molecule has 1 aliphatic rings. The van der Waals surface area contributed by atoms with Crippen LogP contribution >= 0.6 is 22.9 Å². The lowest BCUT2D eigenvalue weighted by atomic mass is 10.0. The molecule has 2 aromatic rings. The van der Waals surface area contributed by atoms with E-state index >= 15 is 0 Å². The molecule has 1 aromatic heterocycles. The lowest BCUT2D eigenvalue weighted by Crippen LogP contribution is -2.07. The molecule has 0 aliphatic heterocycles. The molecule has 0 spiro atoms. The summed E-state index contributed by atoms with van der Waals surface area (Å²) in [6.45, 7) is 0. The van der Waals surface area contributed by atoms with Crippen LogP contribution in [0, 0.1) is 0 Å². The number of aryl methyl sites for hydroxylation is 1. The van der Waals surface area contributed by atoms with Crippen molar-refractivity contribution in [2.45, 2.75) is 31.8 Å². The number of fused-ring (bicyclic) bond motifs is 1. The van der Waals surface area contributed by atoms with Gasteiger partial charge in [-0.3, -0.25) is 0 Å². The highest BCUT2D eigenvalue weighted by molar-refractivity contribution is 7.11. The van der Waals surface area contributed by atoms with Crippen LogP contribution in [-0.2, 0) is 12.8 Å². The fraction of sp³-hybridized carbons (Fsp3) is 0.357. The minimum absolute atomic E-state index is 0.363. The second-order valence-electron chi connectivity index (χ2n) is 4.63. The van der Waals surface area contributed by atoms with E-state index in [0.29, 0.717) is 0 Å². The van der Waals surface area contributed by atoms with Gasteiger partial charge >= 0.3 is 0 Å². The van der Waals surface area contributed by atoms with Gasteiger partial charge in [0.15, 0.2) is 0 Å². The Bertz CT molecular complexity index is 567. The van der Waals surface area contributed by atoms with Crippen LogP contribution in [0.2, 0.25) is 5.02 Å². The molecule has 1 unspecified atom stereocenters. The lowest BCUT2D eigenvalue weighted by molar-refractivity contribution is 0.153. The number of benzene rings is 1. The second-order valence-corrected chi connectivity index (χ2v) is 6.24. The van der Waals surface area contributed by atoms with E-state index in [1.165, 1.54) is 10.4 Å². The summed E-state index contributed by atoms with van der Waals surface area (Å²) in [5.74, 6) is 0. The third kappa shape index (κ3) is 2.44. The van der Waals surface area contributed by atoms with Crippen LogP contribution in [0.1, 0.15) is 40.1 Å². The van der Waals surface area contributed by atoms with Crippen molar-refractivity contribution < 1.29 is 5.11 Å². The predicted octanol–water partition coefficient (Wildman–Crippen LogP) is 3.76. The summed E-state index contributed by atoms with van der Waals surface area (Å²) in [5, 5.41) is 11.7. The number of aliphatic hydroxyl groups excluding tert-OH is 1. The zero-order valence-corrected chi connectivity index (χ0v) is 11.5. The van der Waals surface area contributed by atoms with Crippen molar-refractivity contribution in [3.8, 4) is 0 Å². The van der Waals surface area contributed by atoms with Crippen molar-refractivity contribution in [2.75, 3.05) is 0 Å². The number of hydrogen-bond acceptors (Lipinski definition) is 3. The summed E-state index contributed by atoms with van der Waals surface area (Å²) in [6, 6.07) is 7.86. The average molecular weight is 280 g/mol. The van der Waals surface area contributed by atoms with Gasteiger partial charge in [0.25, 0.3) is 0 Å². The van der Waals surface area contributed by atoms with Crippen LogP contribution in [-0.4, -0.2) is 10.1 Å². The van der Waals surface area contributed by atoms with Gasteiger partial charge in [0, 0.05) is 16.3 Å². The van der Waals surface area contributed by atoms with Gasteiger partial charge < -0.3 is 5.11 Å². The van der Waals surface area contributed by atoms with E-state index in [4.69, 9.17) is 11.6 Å². The fourth-order valence-electron chi connectivity index (χ4n) is 2.34. The lowest BCUT2D eigenvalue weighted by Gasteiger charge is -2.14. The number of hydrogen-bond donors (Lipinski definition) is 1. The molecule has 1 aromatic carbocycles. The van der Waals surface area contributed by atoms with Crippen molar-refractivity contribution >= 4 is 22.9 Å². The third-order valence-corrected chi connectivity index (χ3v) is 4.58. The molecule has 4 heteroatoms. The first-order valence-electron chi connectivity index (χ1n) is 6.13. The Morgan fingerprint density at radius 3 is 3.11 bits per heavy atom. The van der Waals surface area contributed by atoms with E-state index in [-0.39, 0.29) is 6.10 Å². The first-order chi connectivity index (χ1) is 8.72. The molecular formula is C14H14ClNOS. The normalized spacial score (nSPS) is 18.7. The van der Waals surface area contributed by atoms with E-state index in [9.17, 15) is 5.11 Å². The number of aromatic nitrogens is 1. The summed E-state index contributed by atoms with van der Waals surface area (Å²) < 4.78 is 0. The zero-order chi connectivity index (χ0) is 12.5. The summed E-state index contributed by atoms with van der Waals surface area (Å²) >= 11 is 7.70. The Balaban J connectivity index is 1.85. The number of halogens is 1. The molecule has 3 rings (SSSR count). The van der Waals surface area contributed by atoms with Gasteiger partial charge in [-0.05, 0) is 37.0 Å². The van der Waals surface area contributed by atoms with Crippen LogP contribution in [0.4, 0.5) is 0 Å². The van der Waals surface area contributed by atoms with Crippen LogP contribution < -0.4 is 0 Å². The average Bonchev–Trinajstić information content (AvgIpc) is 2.73. The Hall–Kier alpha value is -0.900. The Morgan fingerprint density at radius 1 is 1.44 bits per heavy atom. The quantitative estimate of drug-likeness (QED) is 0.908. The summed E-state index contributed by atoms with van der Waals surface area (Å²) in [7, 11) is 0.